The van der Waals surface area contributed by atoms with Crippen molar-refractivity contribution >= 4 is 5.91 Å². The number of hydrogen-bond donors (Lipinski definition) is 0. The van der Waals surface area contributed by atoms with Crippen molar-refractivity contribution in [3.63, 3.8) is 0 Å². The number of aromatic nitrogens is 4. The maximum absolute atomic E-state index is 13.5. The van der Waals surface area contributed by atoms with Gasteiger partial charge in [-0.05, 0) is 54.3 Å². The van der Waals surface area contributed by atoms with Crippen molar-refractivity contribution in [1.29, 1.82) is 0 Å². The van der Waals surface area contributed by atoms with Gasteiger partial charge in [-0.1, -0.05) is 24.3 Å². The lowest BCUT2D eigenvalue weighted by atomic mass is 9.84. The largest absolute Gasteiger partial charge is 0.433 e. The summed E-state index contributed by atoms with van der Waals surface area (Å²) in [6.45, 7) is 1.59. The number of fused-ring (bicyclic) bond motifs is 2. The molecule has 188 valence electrons. The Balaban J connectivity index is 1.29. The van der Waals surface area contributed by atoms with E-state index in [1.165, 1.54) is 21.9 Å². The molecular weight excluding hydrogens is 483 g/mol. The van der Waals surface area contributed by atoms with Crippen LogP contribution in [0.3, 0.4) is 0 Å². The molecule has 0 unspecified atom stereocenters. The number of pyridine rings is 2. The molecule has 0 saturated carbocycles. The number of nitrogens with zero attached hydrogens (tertiary/aromatic N) is 5. The highest BCUT2D eigenvalue weighted by Gasteiger charge is 2.43. The first-order chi connectivity index (χ1) is 17.8. The summed E-state index contributed by atoms with van der Waals surface area (Å²) in [7, 11) is 0. The van der Waals surface area contributed by atoms with Crippen LogP contribution in [-0.2, 0) is 23.1 Å². The van der Waals surface area contributed by atoms with Gasteiger partial charge in [0.2, 0.25) is 0 Å². The van der Waals surface area contributed by atoms with Crippen LogP contribution in [-0.4, -0.2) is 43.6 Å². The van der Waals surface area contributed by atoms with Crippen LogP contribution < -0.4 is 0 Å². The summed E-state index contributed by atoms with van der Waals surface area (Å²) in [5.41, 5.74) is 2.80. The van der Waals surface area contributed by atoms with Crippen molar-refractivity contribution in [1.82, 2.24) is 24.6 Å². The van der Waals surface area contributed by atoms with Crippen LogP contribution in [0.5, 0.6) is 0 Å². The first kappa shape index (κ1) is 23.4. The maximum atomic E-state index is 13.5. The minimum absolute atomic E-state index is 0.204. The van der Waals surface area contributed by atoms with Crippen LogP contribution in [0.15, 0.2) is 73.2 Å². The molecule has 0 aliphatic carbocycles. The van der Waals surface area contributed by atoms with Crippen molar-refractivity contribution in [3.05, 3.63) is 95.7 Å². The van der Waals surface area contributed by atoms with E-state index in [0.717, 1.165) is 17.8 Å². The van der Waals surface area contributed by atoms with E-state index in [-0.39, 0.29) is 17.2 Å². The van der Waals surface area contributed by atoms with Crippen molar-refractivity contribution in [2.24, 2.45) is 0 Å². The lowest BCUT2D eigenvalue weighted by Crippen LogP contribution is -2.45. The molecule has 3 aromatic heterocycles. The molecule has 6 rings (SSSR count). The van der Waals surface area contributed by atoms with Gasteiger partial charge in [-0.25, -0.2) is 9.67 Å². The van der Waals surface area contributed by atoms with Gasteiger partial charge in [-0.15, -0.1) is 0 Å². The summed E-state index contributed by atoms with van der Waals surface area (Å²) in [6, 6.07) is 15.5. The third-order valence-electron chi connectivity index (χ3n) is 7.06. The first-order valence-electron chi connectivity index (χ1n) is 11.9. The van der Waals surface area contributed by atoms with Crippen molar-refractivity contribution < 1.29 is 22.7 Å². The van der Waals surface area contributed by atoms with Crippen molar-refractivity contribution in [3.8, 4) is 16.9 Å². The second kappa shape index (κ2) is 8.81. The van der Waals surface area contributed by atoms with Gasteiger partial charge in [-0.3, -0.25) is 9.78 Å². The number of likely N-dealkylation sites (tertiary alicyclic amines) is 1. The fourth-order valence-electron chi connectivity index (χ4n) is 5.12. The first-order valence-corrected chi connectivity index (χ1v) is 11.9. The van der Waals surface area contributed by atoms with Gasteiger partial charge in [0, 0.05) is 31.0 Å². The zero-order chi connectivity index (χ0) is 25.6. The zero-order valence-electron chi connectivity index (χ0n) is 19.7. The van der Waals surface area contributed by atoms with Crippen molar-refractivity contribution in [2.75, 3.05) is 13.1 Å². The predicted molar refractivity (Wildman–Crippen MR) is 128 cm³/mol. The molecule has 0 radical (unpaired) electrons. The third kappa shape index (κ3) is 4.17. The number of carbonyl (C=O) groups is 1. The van der Waals surface area contributed by atoms with Gasteiger partial charge in [0.1, 0.15) is 5.69 Å². The molecule has 1 fully saturated rings. The number of carbonyl (C=O) groups excluding carboxylic acids is 1. The monoisotopic (exact) mass is 505 g/mol. The topological polar surface area (TPSA) is 73.1 Å². The average molecular weight is 506 g/mol. The number of piperidine rings is 1. The molecule has 2 aliphatic heterocycles. The highest BCUT2D eigenvalue weighted by Crippen LogP contribution is 2.44. The summed E-state index contributed by atoms with van der Waals surface area (Å²) >= 11 is 0. The molecule has 1 spiro atoms. The highest BCUT2D eigenvalue weighted by atomic mass is 19.4. The Morgan fingerprint density at radius 2 is 1.76 bits per heavy atom. The van der Waals surface area contributed by atoms with E-state index < -0.39 is 11.9 Å². The van der Waals surface area contributed by atoms with Crippen LogP contribution in [0.4, 0.5) is 13.2 Å². The van der Waals surface area contributed by atoms with E-state index in [4.69, 9.17) is 4.74 Å². The van der Waals surface area contributed by atoms with E-state index in [1.54, 1.807) is 35.5 Å². The third-order valence-corrected chi connectivity index (χ3v) is 7.06. The van der Waals surface area contributed by atoms with Gasteiger partial charge in [-0.2, -0.15) is 18.3 Å². The zero-order valence-corrected chi connectivity index (χ0v) is 19.7. The molecule has 37 heavy (non-hydrogen) atoms. The van der Waals surface area contributed by atoms with E-state index in [9.17, 15) is 18.0 Å². The fourth-order valence-corrected chi connectivity index (χ4v) is 5.12. The SMILES string of the molecule is O=C(c1cc(-c2ccncc2)n(-c2ccc(C(F)(F)F)nc2)n1)N1CCC2(CC1)OCc1ccccc12. The Morgan fingerprint density at radius 1 is 1.00 bits per heavy atom. The molecule has 1 aromatic carbocycles. The summed E-state index contributed by atoms with van der Waals surface area (Å²) < 4.78 is 46.7. The number of hydrogen-bond acceptors (Lipinski definition) is 5. The van der Waals surface area contributed by atoms with Crippen LogP contribution >= 0.6 is 0 Å². The molecular formula is C27H22F3N5O2. The number of benzene rings is 1. The van der Waals surface area contributed by atoms with Crippen LogP contribution in [0, 0.1) is 0 Å². The Kier molecular flexibility index (Phi) is 5.56. The minimum Gasteiger partial charge on any atom is -0.365 e. The summed E-state index contributed by atoms with van der Waals surface area (Å²) in [6.07, 6.45) is 1.11. The molecule has 5 heterocycles. The van der Waals surface area contributed by atoms with Gasteiger partial charge < -0.3 is 9.64 Å². The Bertz CT molecular complexity index is 1440. The van der Waals surface area contributed by atoms with Gasteiger partial charge in [0.25, 0.3) is 5.91 Å². The van der Waals surface area contributed by atoms with E-state index >= 15 is 0 Å². The molecule has 0 N–H and O–H groups in total. The van der Waals surface area contributed by atoms with Crippen molar-refractivity contribution in [2.45, 2.75) is 31.2 Å². The second-order valence-electron chi connectivity index (χ2n) is 9.19. The molecule has 1 amide bonds. The van der Waals surface area contributed by atoms with E-state index in [2.05, 4.69) is 27.2 Å². The summed E-state index contributed by atoms with van der Waals surface area (Å²) in [5, 5.41) is 4.50. The Hall–Kier alpha value is -4.05. The van der Waals surface area contributed by atoms with Crippen LogP contribution in [0.1, 0.15) is 40.2 Å². The smallest absolute Gasteiger partial charge is 0.365 e. The highest BCUT2D eigenvalue weighted by molar-refractivity contribution is 5.93. The number of ether oxygens (including phenoxy) is 1. The van der Waals surface area contributed by atoms with Gasteiger partial charge >= 0.3 is 6.18 Å². The molecule has 1 saturated heterocycles. The lowest BCUT2D eigenvalue weighted by molar-refractivity contribution is -0.141. The molecule has 4 aromatic rings. The maximum Gasteiger partial charge on any atom is 0.433 e. The Morgan fingerprint density at radius 3 is 2.46 bits per heavy atom. The lowest BCUT2D eigenvalue weighted by Gasteiger charge is -2.39. The number of rotatable bonds is 3. The molecule has 0 atom stereocenters. The molecule has 2 aliphatic rings. The van der Waals surface area contributed by atoms with E-state index in [0.29, 0.717) is 43.9 Å². The number of amides is 1. The average Bonchev–Trinajstić information content (AvgIpc) is 3.52. The van der Waals surface area contributed by atoms with Gasteiger partial charge in [0.15, 0.2) is 5.69 Å². The molecule has 7 nitrogen and oxygen atoms in total. The summed E-state index contributed by atoms with van der Waals surface area (Å²) in [5.74, 6) is -0.241. The van der Waals surface area contributed by atoms with Gasteiger partial charge in [0.05, 0.1) is 29.8 Å². The minimum atomic E-state index is -4.55. The molecule has 10 heteroatoms. The second-order valence-corrected chi connectivity index (χ2v) is 9.19. The van der Waals surface area contributed by atoms with Crippen LogP contribution in [0.25, 0.3) is 16.9 Å². The Labute approximate surface area is 210 Å². The quantitative estimate of drug-likeness (QED) is 0.392. The standard InChI is InChI=1S/C27H22F3N5O2/c28-27(29,30)24-6-5-20(16-32-24)35-23(18-7-11-31-12-8-18)15-22(33-35)25(36)34-13-9-26(10-14-34)21-4-2-1-3-19(21)17-37-26/h1-8,11-12,15-16H,9-10,13-14,17H2. The van der Waals surface area contributed by atoms with Crippen LogP contribution in [0.2, 0.25) is 0 Å². The number of alkyl halides is 3. The molecule has 0 bridgehead atoms. The summed E-state index contributed by atoms with van der Waals surface area (Å²) in [4.78, 5) is 22.8. The number of halogens is 3. The van der Waals surface area contributed by atoms with E-state index in [1.807, 2.05) is 12.1 Å². The fraction of sp³-hybridized carbons (Fsp3) is 0.259. The predicted octanol–water partition coefficient (Wildman–Crippen LogP) is 5.01. The normalized spacial score (nSPS) is 16.7.